The van der Waals surface area contributed by atoms with Crippen molar-refractivity contribution in [3.8, 4) is 22.8 Å². The molecule has 1 aliphatic carbocycles. The fourth-order valence-corrected chi connectivity index (χ4v) is 6.41. The van der Waals surface area contributed by atoms with Crippen LogP contribution in [-0.4, -0.2) is 52.4 Å². The minimum absolute atomic E-state index is 0.193. The van der Waals surface area contributed by atoms with Crippen LogP contribution in [0.2, 0.25) is 0 Å². The van der Waals surface area contributed by atoms with Crippen molar-refractivity contribution in [2.75, 3.05) is 26.3 Å². The number of aliphatic hydroxyl groups excluding tert-OH is 1. The smallest absolute Gasteiger partial charge is 0.131 e. The Morgan fingerprint density at radius 1 is 0.973 bits per heavy atom. The molecule has 0 unspecified atom stereocenters. The number of rotatable bonds is 7. The highest BCUT2D eigenvalue weighted by atomic mass is 32.1. The maximum Gasteiger partial charge on any atom is 0.131 e. The summed E-state index contributed by atoms with van der Waals surface area (Å²) in [6.45, 7) is 4.55. The zero-order chi connectivity index (χ0) is 25.0. The van der Waals surface area contributed by atoms with Gasteiger partial charge in [0.25, 0.3) is 0 Å². The monoisotopic (exact) mass is 515 g/mol. The van der Waals surface area contributed by atoms with Crippen LogP contribution in [0, 0.1) is 5.92 Å². The average Bonchev–Trinajstić information content (AvgIpc) is 3.33. The summed E-state index contributed by atoms with van der Waals surface area (Å²) < 4.78 is 12.8. The number of benzene rings is 2. The molecule has 7 heteroatoms. The van der Waals surface area contributed by atoms with Crippen molar-refractivity contribution in [1.82, 2.24) is 14.9 Å². The first-order valence-corrected chi connectivity index (χ1v) is 14.1. The molecule has 3 heterocycles. The fraction of sp³-hybridized carbons (Fsp3) is 0.400. The Kier molecular flexibility index (Phi) is 7.46. The largest absolute Gasteiger partial charge is 0.457 e. The molecule has 0 bridgehead atoms. The lowest BCUT2D eigenvalue weighted by Gasteiger charge is -2.26. The molecular formula is C30H33N3O3S. The van der Waals surface area contributed by atoms with E-state index in [9.17, 15) is 5.11 Å². The maximum absolute atomic E-state index is 10.3. The van der Waals surface area contributed by atoms with Crippen LogP contribution in [0.25, 0.3) is 21.5 Å². The Morgan fingerprint density at radius 3 is 2.62 bits per heavy atom. The molecule has 2 fully saturated rings. The van der Waals surface area contributed by atoms with Gasteiger partial charge in [-0.3, -0.25) is 9.88 Å². The zero-order valence-corrected chi connectivity index (χ0v) is 21.8. The normalized spacial score (nSPS) is 20.8. The van der Waals surface area contributed by atoms with Crippen LogP contribution in [0.4, 0.5) is 0 Å². The van der Waals surface area contributed by atoms with Gasteiger partial charge in [0, 0.05) is 49.9 Å². The van der Waals surface area contributed by atoms with Crippen molar-refractivity contribution in [3.05, 3.63) is 71.4 Å². The second-order valence-electron chi connectivity index (χ2n) is 10.1. The lowest BCUT2D eigenvalue weighted by molar-refractivity contribution is 0.0342. The second-order valence-corrected chi connectivity index (χ2v) is 11.2. The number of aliphatic hydroxyl groups is 1. The molecule has 192 valence electrons. The number of thiazole rings is 1. The van der Waals surface area contributed by atoms with Crippen LogP contribution in [0.5, 0.6) is 11.5 Å². The number of nitrogens with zero attached hydrogens (tertiary/aromatic N) is 3. The summed E-state index contributed by atoms with van der Waals surface area (Å²) >= 11 is 1.71. The fourth-order valence-electron chi connectivity index (χ4n) is 5.32. The Balaban J connectivity index is 1.13. The van der Waals surface area contributed by atoms with Crippen LogP contribution in [0.1, 0.15) is 36.3 Å². The van der Waals surface area contributed by atoms with E-state index in [-0.39, 0.29) is 6.10 Å². The zero-order valence-electron chi connectivity index (χ0n) is 21.0. The van der Waals surface area contributed by atoms with Gasteiger partial charge in [-0.05, 0) is 42.5 Å². The van der Waals surface area contributed by atoms with Gasteiger partial charge in [-0.1, -0.05) is 37.1 Å². The number of pyridine rings is 1. The van der Waals surface area contributed by atoms with E-state index in [1.54, 1.807) is 17.5 Å². The van der Waals surface area contributed by atoms with Crippen molar-refractivity contribution in [1.29, 1.82) is 0 Å². The van der Waals surface area contributed by atoms with Gasteiger partial charge in [-0.2, -0.15) is 0 Å². The van der Waals surface area contributed by atoms with Crippen molar-refractivity contribution in [2.45, 2.75) is 44.8 Å². The molecule has 2 aromatic heterocycles. The molecule has 1 aliphatic heterocycles. The van der Waals surface area contributed by atoms with E-state index in [2.05, 4.69) is 40.2 Å². The summed E-state index contributed by atoms with van der Waals surface area (Å²) in [4.78, 5) is 11.8. The van der Waals surface area contributed by atoms with E-state index in [1.165, 1.54) is 12.0 Å². The molecular weight excluding hydrogens is 482 g/mol. The highest BCUT2D eigenvalue weighted by Gasteiger charge is 2.24. The molecule has 2 atom stereocenters. The van der Waals surface area contributed by atoms with Gasteiger partial charge in [0.15, 0.2) is 0 Å². The molecule has 0 amide bonds. The highest BCUT2D eigenvalue weighted by molar-refractivity contribution is 7.18. The van der Waals surface area contributed by atoms with Gasteiger partial charge in [-0.15, -0.1) is 11.3 Å². The Labute approximate surface area is 221 Å². The van der Waals surface area contributed by atoms with E-state index in [0.717, 1.165) is 96.5 Å². The molecule has 6 nitrogen and oxygen atoms in total. The predicted molar refractivity (Wildman–Crippen MR) is 147 cm³/mol. The molecule has 2 aliphatic rings. The van der Waals surface area contributed by atoms with Crippen molar-refractivity contribution in [3.63, 3.8) is 0 Å². The number of aromatic nitrogens is 2. The second kappa shape index (κ2) is 11.3. The highest BCUT2D eigenvalue weighted by Crippen LogP contribution is 2.33. The molecule has 4 aromatic rings. The molecule has 37 heavy (non-hydrogen) atoms. The van der Waals surface area contributed by atoms with Gasteiger partial charge in [0.05, 0.1) is 40.2 Å². The van der Waals surface area contributed by atoms with E-state index in [1.807, 2.05) is 24.3 Å². The summed E-state index contributed by atoms with van der Waals surface area (Å²) in [5, 5.41) is 11.4. The van der Waals surface area contributed by atoms with Crippen LogP contribution in [0.15, 0.2) is 60.8 Å². The first-order valence-electron chi connectivity index (χ1n) is 13.3. The van der Waals surface area contributed by atoms with E-state index in [4.69, 9.17) is 14.5 Å². The molecule has 1 N–H and O–H groups in total. The summed E-state index contributed by atoms with van der Waals surface area (Å²) in [7, 11) is 0. The van der Waals surface area contributed by atoms with Crippen LogP contribution >= 0.6 is 11.3 Å². The van der Waals surface area contributed by atoms with Crippen molar-refractivity contribution < 1.29 is 14.6 Å². The lowest BCUT2D eigenvalue weighted by atomic mass is 9.84. The molecule has 6 rings (SSSR count). The molecule has 1 saturated carbocycles. The third kappa shape index (κ3) is 6.02. The number of hydrogen-bond acceptors (Lipinski definition) is 7. The Morgan fingerprint density at radius 2 is 1.78 bits per heavy atom. The summed E-state index contributed by atoms with van der Waals surface area (Å²) in [6, 6.07) is 18.6. The summed E-state index contributed by atoms with van der Waals surface area (Å²) in [6.07, 6.45) is 6.81. The number of hydrogen-bond donors (Lipinski definition) is 1. The summed E-state index contributed by atoms with van der Waals surface area (Å²) in [5.41, 5.74) is 4.25. The number of ether oxygens (including phenoxy) is 2. The van der Waals surface area contributed by atoms with Gasteiger partial charge in [0.1, 0.15) is 11.5 Å². The van der Waals surface area contributed by atoms with Crippen LogP contribution < -0.4 is 4.74 Å². The Bertz CT molecular complexity index is 1330. The van der Waals surface area contributed by atoms with Gasteiger partial charge in [0.2, 0.25) is 0 Å². The van der Waals surface area contributed by atoms with Crippen LogP contribution in [-0.2, 0) is 17.7 Å². The molecule has 0 radical (unpaired) electrons. The molecule has 0 spiro atoms. The minimum atomic E-state index is -0.193. The molecule has 2 aromatic carbocycles. The predicted octanol–water partition coefficient (Wildman–Crippen LogP) is 6.08. The van der Waals surface area contributed by atoms with Crippen LogP contribution in [0.3, 0.4) is 0 Å². The van der Waals surface area contributed by atoms with Gasteiger partial charge in [-0.25, -0.2) is 4.98 Å². The average molecular weight is 516 g/mol. The maximum atomic E-state index is 10.3. The van der Waals surface area contributed by atoms with Crippen molar-refractivity contribution >= 4 is 21.6 Å². The Hall–Kier alpha value is -2.84. The van der Waals surface area contributed by atoms with E-state index >= 15 is 0 Å². The van der Waals surface area contributed by atoms with E-state index in [0.29, 0.717) is 5.92 Å². The number of fused-ring (bicyclic) bond motifs is 1. The minimum Gasteiger partial charge on any atom is -0.457 e. The third-order valence-electron chi connectivity index (χ3n) is 7.44. The van der Waals surface area contributed by atoms with Crippen molar-refractivity contribution in [2.24, 2.45) is 5.92 Å². The van der Waals surface area contributed by atoms with Gasteiger partial charge < -0.3 is 14.6 Å². The first kappa shape index (κ1) is 24.5. The quantitative estimate of drug-likeness (QED) is 0.322. The number of morpholine rings is 1. The third-order valence-corrected chi connectivity index (χ3v) is 8.48. The first-order chi connectivity index (χ1) is 18.2. The SMILES string of the molecule is O[C@@H]1CCCC[C@H]1Cc1nc2ccc(Oc3ccnc(-c4ccc(CN5CCOCC5)cc4)c3)cc2s1. The van der Waals surface area contributed by atoms with E-state index < -0.39 is 0 Å². The summed E-state index contributed by atoms with van der Waals surface area (Å²) in [5.74, 6) is 1.88. The molecule has 1 saturated heterocycles. The van der Waals surface area contributed by atoms with Gasteiger partial charge >= 0.3 is 0 Å². The topological polar surface area (TPSA) is 67.7 Å². The standard InChI is InChI=1S/C30H33N3O3S/c34-28-4-2-1-3-23(28)17-30-32-26-10-9-24(19-29(26)37-30)36-25-11-12-31-27(18-25)22-7-5-21(6-8-22)20-33-13-15-35-16-14-33/h5-12,18-19,23,28,34H,1-4,13-17,20H2/t23-,28+/m0/s1. The lowest BCUT2D eigenvalue weighted by Crippen LogP contribution is -2.35.